The number of hydrogen-bond acceptors (Lipinski definition) is 5. The van der Waals surface area contributed by atoms with E-state index in [2.05, 4.69) is 10.1 Å². The highest BCUT2D eigenvalue weighted by Gasteiger charge is 2.22. The van der Waals surface area contributed by atoms with Gasteiger partial charge in [0.25, 0.3) is 5.91 Å². The first-order valence-electron chi connectivity index (χ1n) is 8.87. The zero-order valence-corrected chi connectivity index (χ0v) is 17.3. The molecule has 2 aromatic heterocycles. The maximum absolute atomic E-state index is 13.3. The Balaban J connectivity index is 1.87. The van der Waals surface area contributed by atoms with E-state index in [1.165, 1.54) is 0 Å². The first-order valence-corrected chi connectivity index (χ1v) is 9.78. The highest BCUT2D eigenvalue weighted by Crippen LogP contribution is 2.31. The first kappa shape index (κ1) is 19.5. The third kappa shape index (κ3) is 3.61. The Hall–Kier alpha value is -2.83. The Morgan fingerprint density at radius 3 is 2.62 bits per heavy atom. The van der Waals surface area contributed by atoms with Crippen LogP contribution < -0.4 is 4.74 Å². The molecule has 4 rings (SSSR count). The third-order valence-corrected chi connectivity index (χ3v) is 5.28. The number of alkyl halides is 1. The minimum atomic E-state index is -0.146. The van der Waals surface area contributed by atoms with Crippen molar-refractivity contribution in [3.63, 3.8) is 0 Å². The van der Waals surface area contributed by atoms with Crippen LogP contribution >= 0.6 is 23.2 Å². The lowest BCUT2D eigenvalue weighted by atomic mass is 10.1. The lowest BCUT2D eigenvalue weighted by molar-refractivity contribution is 0.0963. The molecule has 0 radical (unpaired) electrons. The van der Waals surface area contributed by atoms with E-state index in [1.807, 2.05) is 25.1 Å². The Morgan fingerprint density at radius 2 is 1.97 bits per heavy atom. The average Bonchev–Trinajstić information content (AvgIpc) is 3.30. The second kappa shape index (κ2) is 7.89. The van der Waals surface area contributed by atoms with Crippen LogP contribution in [-0.2, 0) is 12.3 Å². The van der Waals surface area contributed by atoms with Gasteiger partial charge in [-0.3, -0.25) is 9.36 Å². The van der Waals surface area contributed by atoms with Crippen LogP contribution in [0, 0.1) is 6.92 Å². The van der Waals surface area contributed by atoms with Crippen molar-refractivity contribution in [3.8, 4) is 5.75 Å². The number of methoxy groups -OCH3 is 1. The minimum absolute atomic E-state index is 0.146. The second-order valence-electron chi connectivity index (χ2n) is 6.51. The van der Waals surface area contributed by atoms with Crippen LogP contribution in [0.5, 0.6) is 5.75 Å². The van der Waals surface area contributed by atoms with Crippen molar-refractivity contribution in [1.29, 1.82) is 0 Å². The molecule has 0 unspecified atom stereocenters. The summed E-state index contributed by atoms with van der Waals surface area (Å²) in [5, 5.41) is 5.30. The van der Waals surface area contributed by atoms with Crippen LogP contribution in [0.2, 0.25) is 5.02 Å². The molecule has 0 fully saturated rings. The summed E-state index contributed by atoms with van der Waals surface area (Å²) in [7, 11) is 1.61. The fraction of sp³-hybridized carbons (Fsp3) is 0.190. The number of nitrogens with zero attached hydrogens (tertiary/aromatic N) is 3. The number of fused-ring (bicyclic) bond motifs is 1. The van der Waals surface area contributed by atoms with E-state index in [1.54, 1.807) is 35.9 Å². The summed E-state index contributed by atoms with van der Waals surface area (Å²) in [4.78, 5) is 17.6. The van der Waals surface area contributed by atoms with Gasteiger partial charge in [-0.2, -0.15) is 4.98 Å². The molecule has 148 valence electrons. The Morgan fingerprint density at radius 1 is 1.21 bits per heavy atom. The van der Waals surface area contributed by atoms with E-state index in [9.17, 15) is 4.79 Å². The molecule has 2 heterocycles. The molecule has 0 aliphatic carbocycles. The normalized spacial score (nSPS) is 11.2. The van der Waals surface area contributed by atoms with Gasteiger partial charge in [-0.15, -0.1) is 11.6 Å². The van der Waals surface area contributed by atoms with Crippen molar-refractivity contribution < 1.29 is 14.1 Å². The van der Waals surface area contributed by atoms with Gasteiger partial charge in [-0.1, -0.05) is 16.8 Å². The van der Waals surface area contributed by atoms with Gasteiger partial charge in [0.15, 0.2) is 5.82 Å². The monoisotopic (exact) mass is 429 g/mol. The zero-order valence-electron chi connectivity index (χ0n) is 15.8. The number of ether oxygens (including phenoxy) is 1. The number of hydrogen-bond donors (Lipinski definition) is 0. The van der Waals surface area contributed by atoms with Crippen molar-refractivity contribution >= 4 is 40.0 Å². The van der Waals surface area contributed by atoms with Crippen LogP contribution in [0.1, 0.15) is 33.3 Å². The lowest BCUT2D eigenvalue weighted by Gasteiger charge is -2.08. The second-order valence-corrected chi connectivity index (χ2v) is 7.21. The van der Waals surface area contributed by atoms with Gasteiger partial charge in [-0.25, -0.2) is 0 Å². The molecule has 0 aliphatic heterocycles. The molecule has 0 N–H and O–H groups in total. The van der Waals surface area contributed by atoms with E-state index in [0.717, 1.165) is 22.2 Å². The van der Waals surface area contributed by atoms with E-state index in [-0.39, 0.29) is 11.8 Å². The molecule has 8 heteroatoms. The van der Waals surface area contributed by atoms with Crippen molar-refractivity contribution in [2.75, 3.05) is 7.11 Å². The van der Waals surface area contributed by atoms with E-state index < -0.39 is 0 Å². The fourth-order valence-corrected chi connectivity index (χ4v) is 3.60. The molecule has 0 aliphatic rings. The summed E-state index contributed by atoms with van der Waals surface area (Å²) in [6, 6.07) is 12.4. The summed E-state index contributed by atoms with van der Waals surface area (Å²) in [5.41, 5.74) is 3.01. The molecule has 6 nitrogen and oxygen atoms in total. The number of benzene rings is 2. The predicted molar refractivity (Wildman–Crippen MR) is 111 cm³/mol. The van der Waals surface area contributed by atoms with Crippen molar-refractivity contribution in [3.05, 3.63) is 76.0 Å². The van der Waals surface area contributed by atoms with Crippen molar-refractivity contribution in [2.45, 2.75) is 19.2 Å². The van der Waals surface area contributed by atoms with Crippen LogP contribution in [-0.4, -0.2) is 27.7 Å². The van der Waals surface area contributed by atoms with Gasteiger partial charge >= 0.3 is 0 Å². The topological polar surface area (TPSA) is 70.2 Å². The van der Waals surface area contributed by atoms with E-state index in [0.29, 0.717) is 34.5 Å². The maximum Gasteiger partial charge on any atom is 0.262 e. The average molecular weight is 430 g/mol. The molecule has 0 amide bonds. The summed E-state index contributed by atoms with van der Waals surface area (Å²) in [6.45, 7) is 1.90. The summed E-state index contributed by atoms with van der Waals surface area (Å²) in [6.07, 6.45) is 0.375. The number of carbonyl (C=O) groups excluding carboxylic acids is 1. The SMILES string of the molecule is COc1ccc2c(c1)c(Cc1nc(CCl)no1)c(C)n2C(=O)c1ccc(Cl)cc1. The van der Waals surface area contributed by atoms with Gasteiger partial charge in [0.2, 0.25) is 5.89 Å². The summed E-state index contributed by atoms with van der Waals surface area (Å²) < 4.78 is 12.4. The van der Waals surface area contributed by atoms with Crippen molar-refractivity contribution in [1.82, 2.24) is 14.7 Å². The highest BCUT2D eigenvalue weighted by molar-refractivity contribution is 6.30. The van der Waals surface area contributed by atoms with E-state index in [4.69, 9.17) is 32.5 Å². The Kier molecular flexibility index (Phi) is 5.30. The number of carbonyl (C=O) groups is 1. The van der Waals surface area contributed by atoms with Crippen LogP contribution in [0.15, 0.2) is 47.0 Å². The number of halogens is 2. The maximum atomic E-state index is 13.3. The Labute approximate surface area is 177 Å². The minimum Gasteiger partial charge on any atom is -0.497 e. The molecule has 0 saturated heterocycles. The predicted octanol–water partition coefficient (Wildman–Crippen LogP) is 5.01. The van der Waals surface area contributed by atoms with Crippen LogP contribution in [0.3, 0.4) is 0 Å². The van der Waals surface area contributed by atoms with Crippen LogP contribution in [0.4, 0.5) is 0 Å². The zero-order chi connectivity index (χ0) is 20.5. The van der Waals surface area contributed by atoms with Gasteiger partial charge in [0.05, 0.1) is 24.9 Å². The van der Waals surface area contributed by atoms with Crippen molar-refractivity contribution in [2.24, 2.45) is 0 Å². The summed E-state index contributed by atoms with van der Waals surface area (Å²) in [5.74, 6) is 1.59. The van der Waals surface area contributed by atoms with Crippen LogP contribution in [0.25, 0.3) is 10.9 Å². The molecule has 0 atom stereocenters. The molecule has 0 bridgehead atoms. The molecule has 0 saturated carbocycles. The van der Waals surface area contributed by atoms with Gasteiger partial charge in [0.1, 0.15) is 5.75 Å². The Bertz CT molecular complexity index is 1200. The quantitative estimate of drug-likeness (QED) is 0.416. The smallest absolute Gasteiger partial charge is 0.262 e. The van der Waals surface area contributed by atoms with E-state index >= 15 is 0 Å². The van der Waals surface area contributed by atoms with Gasteiger partial charge in [0, 0.05) is 21.7 Å². The van der Waals surface area contributed by atoms with Gasteiger partial charge < -0.3 is 9.26 Å². The summed E-state index contributed by atoms with van der Waals surface area (Å²) >= 11 is 11.7. The fourth-order valence-electron chi connectivity index (χ4n) is 3.36. The number of aromatic nitrogens is 3. The lowest BCUT2D eigenvalue weighted by Crippen LogP contribution is -2.13. The molecule has 2 aromatic carbocycles. The molecular formula is C21H17Cl2N3O3. The van der Waals surface area contributed by atoms with Gasteiger partial charge in [-0.05, 0) is 55.0 Å². The third-order valence-electron chi connectivity index (χ3n) is 4.79. The molecular weight excluding hydrogens is 413 g/mol. The first-order chi connectivity index (χ1) is 14.0. The standard InChI is InChI=1S/C21H17Cl2N3O3/c1-12-16(10-20-24-19(11-22)25-29-20)17-9-15(28-2)7-8-18(17)26(12)21(27)13-3-5-14(23)6-4-13/h3-9H,10-11H2,1-2H3. The molecule has 0 spiro atoms. The molecule has 4 aromatic rings. The number of rotatable bonds is 5. The molecule has 29 heavy (non-hydrogen) atoms. The largest absolute Gasteiger partial charge is 0.497 e. The highest BCUT2D eigenvalue weighted by atomic mass is 35.5.